The summed E-state index contributed by atoms with van der Waals surface area (Å²) in [6.45, 7) is 7.20. The number of methoxy groups -OCH3 is 1. The van der Waals surface area contributed by atoms with Crippen molar-refractivity contribution in [1.82, 2.24) is 5.32 Å². The van der Waals surface area contributed by atoms with E-state index in [2.05, 4.69) is 5.32 Å². The molecule has 1 aromatic carbocycles. The molecule has 0 aliphatic heterocycles. The zero-order chi connectivity index (χ0) is 22.8. The summed E-state index contributed by atoms with van der Waals surface area (Å²) in [5, 5.41) is 10.9. The third-order valence-corrected chi connectivity index (χ3v) is 4.68. The first kappa shape index (κ1) is 26.7. The number of rotatable bonds is 9. The van der Waals surface area contributed by atoms with Gasteiger partial charge in [-0.3, -0.25) is 9.59 Å². The van der Waals surface area contributed by atoms with Crippen molar-refractivity contribution < 1.29 is 32.6 Å². The number of ether oxygens (including phenoxy) is 2. The van der Waals surface area contributed by atoms with Crippen molar-refractivity contribution >= 4 is 21.7 Å². The van der Waals surface area contributed by atoms with Crippen LogP contribution in [0.4, 0.5) is 0 Å². The predicted octanol–water partition coefficient (Wildman–Crippen LogP) is 1.37. The minimum atomic E-state index is -3.24. The van der Waals surface area contributed by atoms with Crippen LogP contribution in [0.5, 0.6) is 11.5 Å². The van der Waals surface area contributed by atoms with Gasteiger partial charge in [0, 0.05) is 13.2 Å². The summed E-state index contributed by atoms with van der Waals surface area (Å²) in [4.78, 5) is 21.3. The van der Waals surface area contributed by atoms with E-state index in [0.29, 0.717) is 23.7 Å². The molecule has 0 bridgehead atoms. The van der Waals surface area contributed by atoms with Crippen LogP contribution in [0.1, 0.15) is 39.3 Å². The Hall–Kier alpha value is -2.33. The second-order valence-electron chi connectivity index (χ2n) is 6.80. The molecule has 0 radical (unpaired) electrons. The molecule has 0 aliphatic rings. The summed E-state index contributed by atoms with van der Waals surface area (Å²) in [7, 11) is -1.72. The van der Waals surface area contributed by atoms with Gasteiger partial charge in [-0.1, -0.05) is 19.9 Å². The fraction of sp³-hybridized carbons (Fsp3) is 0.579. The van der Waals surface area contributed by atoms with E-state index < -0.39 is 27.9 Å². The lowest BCUT2D eigenvalue weighted by Gasteiger charge is -2.19. The van der Waals surface area contributed by atoms with Gasteiger partial charge >= 0.3 is 5.97 Å². The average Bonchev–Trinajstić information content (AvgIpc) is 2.59. The van der Waals surface area contributed by atoms with Gasteiger partial charge in [0.25, 0.3) is 0 Å². The monoisotopic (exact) mass is 432 g/mol. The molecule has 0 saturated heterocycles. The van der Waals surface area contributed by atoms with Crippen molar-refractivity contribution in [2.45, 2.75) is 39.8 Å². The summed E-state index contributed by atoms with van der Waals surface area (Å²) in [6, 6.07) is 3.76. The number of carbonyl (C=O) groups excluding carboxylic acids is 1. The highest BCUT2D eigenvalue weighted by atomic mass is 32.2. The van der Waals surface area contributed by atoms with E-state index in [-0.39, 0.29) is 17.6 Å². The van der Waals surface area contributed by atoms with Crippen molar-refractivity contribution in [3.05, 3.63) is 23.8 Å². The van der Waals surface area contributed by atoms with Gasteiger partial charge in [0.2, 0.25) is 5.91 Å². The maximum atomic E-state index is 11.5. The SMILES string of the molecule is CC(C)[C@H](N)C(=O)O.CCOc1cc([C@@H](CS(C)(=O)=O)NC(C)=O)ccc1OC. The molecule has 0 aromatic heterocycles. The molecule has 1 amide bonds. The Labute approximate surface area is 172 Å². The maximum Gasteiger partial charge on any atom is 0.320 e. The Kier molecular flexibility index (Phi) is 11.3. The van der Waals surface area contributed by atoms with E-state index in [1.807, 2.05) is 6.92 Å². The summed E-state index contributed by atoms with van der Waals surface area (Å²) in [6.07, 6.45) is 1.13. The van der Waals surface area contributed by atoms with Crippen molar-refractivity contribution in [3.8, 4) is 11.5 Å². The molecule has 0 saturated carbocycles. The lowest BCUT2D eigenvalue weighted by atomic mass is 10.1. The number of nitrogens with two attached hydrogens (primary N) is 1. The molecule has 0 heterocycles. The number of carboxylic acids is 1. The molecule has 0 unspecified atom stereocenters. The second kappa shape index (κ2) is 12.3. The number of carbonyl (C=O) groups is 2. The van der Waals surface area contributed by atoms with E-state index in [4.69, 9.17) is 20.3 Å². The third-order valence-electron chi connectivity index (χ3n) is 3.74. The van der Waals surface area contributed by atoms with Crippen LogP contribution in [-0.4, -0.2) is 57.2 Å². The normalized spacial score (nSPS) is 13.0. The smallest absolute Gasteiger partial charge is 0.320 e. The highest BCUT2D eigenvalue weighted by Gasteiger charge is 2.20. The number of amides is 1. The van der Waals surface area contributed by atoms with E-state index in [0.717, 1.165) is 6.26 Å². The Balaban J connectivity index is 0.000000828. The van der Waals surface area contributed by atoms with Crippen LogP contribution in [-0.2, 0) is 19.4 Å². The van der Waals surface area contributed by atoms with Crippen LogP contribution in [0.25, 0.3) is 0 Å². The first-order chi connectivity index (χ1) is 13.3. The zero-order valence-electron chi connectivity index (χ0n) is 17.8. The minimum absolute atomic E-state index is 0.0208. The van der Waals surface area contributed by atoms with Gasteiger partial charge in [0.15, 0.2) is 11.5 Å². The molecular formula is C19H32N2O7S. The Bertz CT molecular complexity index is 779. The topological polar surface area (TPSA) is 145 Å². The average molecular weight is 433 g/mol. The number of carboxylic acid groups (broad SMARTS) is 1. The number of aliphatic carboxylic acids is 1. The van der Waals surface area contributed by atoms with Crippen LogP contribution in [0.3, 0.4) is 0 Å². The maximum absolute atomic E-state index is 11.5. The molecule has 1 aromatic rings. The summed E-state index contributed by atoms with van der Waals surface area (Å²) >= 11 is 0. The van der Waals surface area contributed by atoms with E-state index in [9.17, 15) is 18.0 Å². The molecule has 0 fully saturated rings. The molecule has 0 aliphatic carbocycles. The first-order valence-corrected chi connectivity index (χ1v) is 11.1. The van der Waals surface area contributed by atoms with Crippen LogP contribution in [0.15, 0.2) is 18.2 Å². The van der Waals surface area contributed by atoms with Gasteiger partial charge in [-0.25, -0.2) is 8.42 Å². The molecule has 0 spiro atoms. The lowest BCUT2D eigenvalue weighted by Crippen LogP contribution is -2.34. The van der Waals surface area contributed by atoms with Gasteiger partial charge in [-0.15, -0.1) is 0 Å². The quantitative estimate of drug-likeness (QED) is 0.530. The molecule has 10 heteroatoms. The van der Waals surface area contributed by atoms with Crippen molar-refractivity contribution in [2.24, 2.45) is 11.7 Å². The second-order valence-corrected chi connectivity index (χ2v) is 8.98. The number of hydrogen-bond acceptors (Lipinski definition) is 7. The Morgan fingerprint density at radius 3 is 2.17 bits per heavy atom. The minimum Gasteiger partial charge on any atom is -0.493 e. The van der Waals surface area contributed by atoms with Crippen LogP contribution < -0.4 is 20.5 Å². The van der Waals surface area contributed by atoms with Crippen LogP contribution in [0, 0.1) is 5.92 Å². The highest BCUT2D eigenvalue weighted by Crippen LogP contribution is 2.30. The zero-order valence-corrected chi connectivity index (χ0v) is 18.6. The number of nitrogens with one attached hydrogen (secondary N) is 1. The molecular weight excluding hydrogens is 400 g/mol. The van der Waals surface area contributed by atoms with Gasteiger partial charge < -0.3 is 25.6 Å². The van der Waals surface area contributed by atoms with Crippen molar-refractivity contribution in [2.75, 3.05) is 25.7 Å². The number of hydrogen-bond donors (Lipinski definition) is 3. The Morgan fingerprint density at radius 1 is 1.24 bits per heavy atom. The predicted molar refractivity (Wildman–Crippen MR) is 111 cm³/mol. The number of sulfone groups is 1. The summed E-state index contributed by atoms with van der Waals surface area (Å²) in [5.74, 6) is -0.308. The summed E-state index contributed by atoms with van der Waals surface area (Å²) in [5.41, 5.74) is 5.81. The van der Waals surface area contributed by atoms with Crippen molar-refractivity contribution in [3.63, 3.8) is 0 Å². The van der Waals surface area contributed by atoms with E-state index >= 15 is 0 Å². The molecule has 1 rings (SSSR count). The fourth-order valence-corrected chi connectivity index (χ4v) is 3.11. The molecule has 4 N–H and O–H groups in total. The number of benzene rings is 1. The van der Waals surface area contributed by atoms with Crippen LogP contribution in [0.2, 0.25) is 0 Å². The summed E-state index contributed by atoms with van der Waals surface area (Å²) < 4.78 is 33.7. The molecule has 2 atom stereocenters. The largest absolute Gasteiger partial charge is 0.493 e. The van der Waals surface area contributed by atoms with E-state index in [1.54, 1.807) is 32.0 Å². The van der Waals surface area contributed by atoms with Gasteiger partial charge in [-0.05, 0) is 30.5 Å². The molecule has 29 heavy (non-hydrogen) atoms. The van der Waals surface area contributed by atoms with E-state index in [1.165, 1.54) is 14.0 Å². The standard InChI is InChI=1S/C14H21NO5S.C5H11NO2/c1-5-20-14-8-11(6-7-13(14)19-3)12(15-10(2)16)9-21(4,17)18;1-3(2)4(6)5(7)8/h6-8,12H,5,9H2,1-4H3,(H,15,16);3-4H,6H2,1-2H3,(H,7,8)/t12-;4-/m10/s1. The molecule has 9 nitrogen and oxygen atoms in total. The van der Waals surface area contributed by atoms with Gasteiger partial charge in [-0.2, -0.15) is 0 Å². The Morgan fingerprint density at radius 2 is 1.83 bits per heavy atom. The molecule has 166 valence electrons. The van der Waals surface area contributed by atoms with Gasteiger partial charge in [0.05, 0.1) is 25.5 Å². The third kappa shape index (κ3) is 10.7. The van der Waals surface area contributed by atoms with Crippen molar-refractivity contribution in [1.29, 1.82) is 0 Å². The fourth-order valence-electron chi connectivity index (χ4n) is 2.23. The van der Waals surface area contributed by atoms with Gasteiger partial charge in [0.1, 0.15) is 15.9 Å². The first-order valence-electron chi connectivity index (χ1n) is 9.06. The van der Waals surface area contributed by atoms with Crippen LogP contribution >= 0.6 is 0 Å². The highest BCUT2D eigenvalue weighted by molar-refractivity contribution is 7.90. The lowest BCUT2D eigenvalue weighted by molar-refractivity contribution is -0.139.